The van der Waals surface area contributed by atoms with Gasteiger partial charge in [-0.2, -0.15) is 0 Å². The third-order valence-corrected chi connectivity index (χ3v) is 6.97. The second-order valence-corrected chi connectivity index (χ2v) is 9.87. The number of nitrogens with two attached hydrogens (primary N) is 1. The third kappa shape index (κ3) is 6.46. The number of amides is 2. The maximum Gasteiger partial charge on any atom is 0.252 e. The summed E-state index contributed by atoms with van der Waals surface area (Å²) >= 11 is 6.21. The summed E-state index contributed by atoms with van der Waals surface area (Å²) in [5.74, 6) is -2.02. The van der Waals surface area contributed by atoms with Crippen LogP contribution in [-0.4, -0.2) is 42.6 Å². The Bertz CT molecular complexity index is 1430. The van der Waals surface area contributed by atoms with E-state index in [-0.39, 0.29) is 30.8 Å². The van der Waals surface area contributed by atoms with E-state index in [4.69, 9.17) is 26.8 Å². The standard InChI is InChI=1S/C28H28ClF2N3O5/c1-15(38-2)9-23(28(37)33-20-7-4-16(5-8-20)27(32)36)34-13-24-22(12-25(34)35)21-11-19(29)6-3-17(21)10-18(14-39-24)26(30)31/h3-8,11-13,15,18,23,26H,9-10,14H2,1-2H3,(H2,32,36)(H,33,37). The minimum Gasteiger partial charge on any atom is -0.491 e. The Labute approximate surface area is 228 Å². The van der Waals surface area contributed by atoms with E-state index in [1.807, 2.05) is 0 Å². The van der Waals surface area contributed by atoms with Crippen LogP contribution < -0.4 is 21.3 Å². The summed E-state index contributed by atoms with van der Waals surface area (Å²) in [6, 6.07) is 11.2. The fourth-order valence-electron chi connectivity index (χ4n) is 4.48. The number of methoxy groups -OCH3 is 1. The predicted octanol–water partition coefficient (Wildman–Crippen LogP) is 4.69. The zero-order valence-corrected chi connectivity index (χ0v) is 22.1. The number of hydrogen-bond donors (Lipinski definition) is 2. The molecule has 2 heterocycles. The predicted molar refractivity (Wildman–Crippen MR) is 144 cm³/mol. The SMILES string of the molecule is COC(C)CC(C(=O)Nc1ccc(C(N)=O)cc1)n1cc2c(cc1=O)-c1cc(Cl)ccc1CC(C(F)F)CO2. The van der Waals surface area contributed by atoms with Gasteiger partial charge in [0, 0.05) is 41.4 Å². The number of nitrogens with zero attached hydrogens (tertiary/aromatic N) is 1. The average Bonchev–Trinajstić information content (AvgIpc) is 2.89. The number of fused-ring (bicyclic) bond motifs is 3. The van der Waals surface area contributed by atoms with Crippen molar-refractivity contribution in [2.75, 3.05) is 19.0 Å². The summed E-state index contributed by atoms with van der Waals surface area (Å²) in [6.45, 7) is 1.48. The molecule has 11 heteroatoms. The van der Waals surface area contributed by atoms with E-state index in [2.05, 4.69) is 5.32 Å². The number of aromatic nitrogens is 1. The lowest BCUT2D eigenvalue weighted by molar-refractivity contribution is -0.120. The number of nitrogens with one attached hydrogen (secondary N) is 1. The van der Waals surface area contributed by atoms with Crippen LogP contribution in [0.4, 0.5) is 14.5 Å². The third-order valence-electron chi connectivity index (χ3n) is 6.73. The topological polar surface area (TPSA) is 113 Å². The number of carbonyl (C=O) groups excluding carboxylic acids is 2. The molecule has 2 aromatic carbocycles. The molecule has 3 unspecified atom stereocenters. The van der Waals surface area contributed by atoms with E-state index >= 15 is 0 Å². The van der Waals surface area contributed by atoms with Gasteiger partial charge in [0.1, 0.15) is 11.8 Å². The number of pyridine rings is 1. The number of ether oxygens (including phenoxy) is 2. The molecule has 3 aromatic rings. The smallest absolute Gasteiger partial charge is 0.252 e. The van der Waals surface area contributed by atoms with Gasteiger partial charge in [0.25, 0.3) is 5.56 Å². The minimum atomic E-state index is -2.62. The number of alkyl halides is 2. The van der Waals surface area contributed by atoms with E-state index in [9.17, 15) is 23.2 Å². The van der Waals surface area contributed by atoms with Gasteiger partial charge in [0.15, 0.2) is 0 Å². The zero-order valence-electron chi connectivity index (χ0n) is 21.3. The Morgan fingerprint density at radius 1 is 1.18 bits per heavy atom. The minimum absolute atomic E-state index is 0.0532. The molecule has 0 aliphatic carbocycles. The molecule has 0 fully saturated rings. The first kappa shape index (κ1) is 28.3. The summed E-state index contributed by atoms with van der Waals surface area (Å²) < 4.78 is 39.9. The second-order valence-electron chi connectivity index (χ2n) is 9.44. The molecule has 2 amide bonds. The summed E-state index contributed by atoms with van der Waals surface area (Å²) in [5, 5.41) is 3.13. The molecule has 1 aromatic heterocycles. The van der Waals surface area contributed by atoms with Gasteiger partial charge in [-0.05, 0) is 60.9 Å². The molecule has 8 nitrogen and oxygen atoms in total. The molecule has 206 valence electrons. The maximum absolute atomic E-state index is 13.8. The molecule has 4 rings (SSSR count). The monoisotopic (exact) mass is 559 g/mol. The first-order valence-corrected chi connectivity index (χ1v) is 12.6. The number of halogens is 3. The Balaban J connectivity index is 1.76. The highest BCUT2D eigenvalue weighted by Crippen LogP contribution is 2.38. The molecule has 0 bridgehead atoms. The zero-order chi connectivity index (χ0) is 28.3. The summed E-state index contributed by atoms with van der Waals surface area (Å²) in [7, 11) is 1.49. The Morgan fingerprint density at radius 3 is 2.54 bits per heavy atom. The first-order valence-electron chi connectivity index (χ1n) is 12.3. The van der Waals surface area contributed by atoms with Crippen molar-refractivity contribution >= 4 is 29.1 Å². The highest BCUT2D eigenvalue weighted by Gasteiger charge is 2.30. The molecule has 0 spiro atoms. The number of rotatable bonds is 8. The molecule has 39 heavy (non-hydrogen) atoms. The molecular weight excluding hydrogens is 532 g/mol. The fourth-order valence-corrected chi connectivity index (χ4v) is 4.65. The van der Waals surface area contributed by atoms with Crippen molar-refractivity contribution < 1.29 is 27.8 Å². The molecule has 3 N–H and O–H groups in total. The van der Waals surface area contributed by atoms with Gasteiger partial charge in [-0.15, -0.1) is 0 Å². The van der Waals surface area contributed by atoms with E-state index in [0.717, 1.165) is 0 Å². The van der Waals surface area contributed by atoms with Crippen LogP contribution in [0.3, 0.4) is 0 Å². The van der Waals surface area contributed by atoms with Crippen LogP contribution in [0, 0.1) is 5.92 Å². The van der Waals surface area contributed by atoms with Crippen molar-refractivity contribution in [3.63, 3.8) is 0 Å². The van der Waals surface area contributed by atoms with Crippen molar-refractivity contribution in [1.82, 2.24) is 4.57 Å². The number of primary amides is 1. The summed E-state index contributed by atoms with van der Waals surface area (Å²) in [4.78, 5) is 38.2. The summed E-state index contributed by atoms with van der Waals surface area (Å²) in [5.41, 5.74) is 6.98. The van der Waals surface area contributed by atoms with Crippen molar-refractivity contribution in [3.8, 4) is 16.9 Å². The lowest BCUT2D eigenvalue weighted by Crippen LogP contribution is -2.35. The fraction of sp³-hybridized carbons (Fsp3) is 0.321. The Kier molecular flexibility index (Phi) is 8.66. The van der Waals surface area contributed by atoms with Gasteiger partial charge in [-0.25, -0.2) is 8.78 Å². The lowest BCUT2D eigenvalue weighted by atomic mass is 9.91. The van der Waals surface area contributed by atoms with Crippen molar-refractivity contribution in [2.45, 2.75) is 38.3 Å². The molecule has 3 atom stereocenters. The van der Waals surface area contributed by atoms with Crippen LogP contribution in [0.25, 0.3) is 11.1 Å². The normalized spacial score (nSPS) is 16.2. The molecular formula is C28H28ClF2N3O5. The molecule has 0 saturated heterocycles. The van der Waals surface area contributed by atoms with Crippen molar-refractivity contribution in [2.24, 2.45) is 11.7 Å². The second kappa shape index (κ2) is 12.0. The van der Waals surface area contributed by atoms with E-state index in [1.54, 1.807) is 25.1 Å². The number of carbonyl (C=O) groups is 2. The average molecular weight is 560 g/mol. The highest BCUT2D eigenvalue weighted by atomic mass is 35.5. The van der Waals surface area contributed by atoms with Crippen LogP contribution in [-0.2, 0) is 16.0 Å². The van der Waals surface area contributed by atoms with E-state index in [0.29, 0.717) is 27.4 Å². The number of benzene rings is 2. The van der Waals surface area contributed by atoms with Crippen LogP contribution in [0.15, 0.2) is 59.5 Å². The van der Waals surface area contributed by atoms with Gasteiger partial charge in [0.2, 0.25) is 18.2 Å². The first-order chi connectivity index (χ1) is 18.6. The number of anilines is 1. The van der Waals surface area contributed by atoms with Crippen molar-refractivity contribution in [3.05, 3.63) is 81.2 Å². The lowest BCUT2D eigenvalue weighted by Gasteiger charge is -2.27. The van der Waals surface area contributed by atoms with Gasteiger partial charge in [-0.3, -0.25) is 19.0 Å². The van der Waals surface area contributed by atoms with Crippen LogP contribution in [0.2, 0.25) is 5.02 Å². The van der Waals surface area contributed by atoms with Crippen LogP contribution in [0.5, 0.6) is 5.75 Å². The summed E-state index contributed by atoms with van der Waals surface area (Å²) in [6.07, 6.45) is -1.47. The Hall–Kier alpha value is -3.76. The maximum atomic E-state index is 13.8. The molecule has 1 aliphatic rings. The molecule has 1 aliphatic heterocycles. The Morgan fingerprint density at radius 2 is 1.90 bits per heavy atom. The van der Waals surface area contributed by atoms with Gasteiger partial charge >= 0.3 is 0 Å². The van der Waals surface area contributed by atoms with Crippen molar-refractivity contribution in [1.29, 1.82) is 0 Å². The molecule has 0 radical (unpaired) electrons. The van der Waals surface area contributed by atoms with E-state index in [1.165, 1.54) is 48.2 Å². The van der Waals surface area contributed by atoms with Gasteiger partial charge in [0.05, 0.1) is 24.8 Å². The molecule has 0 saturated carbocycles. The van der Waals surface area contributed by atoms with Crippen LogP contribution in [0.1, 0.15) is 35.3 Å². The van der Waals surface area contributed by atoms with Crippen LogP contribution >= 0.6 is 11.6 Å². The largest absolute Gasteiger partial charge is 0.491 e. The van der Waals surface area contributed by atoms with Gasteiger partial charge < -0.3 is 20.5 Å². The quantitative estimate of drug-likeness (QED) is 0.416. The number of hydrogen-bond acceptors (Lipinski definition) is 5. The van der Waals surface area contributed by atoms with E-state index < -0.39 is 41.9 Å². The highest BCUT2D eigenvalue weighted by molar-refractivity contribution is 6.30. The van der Waals surface area contributed by atoms with Gasteiger partial charge in [-0.1, -0.05) is 17.7 Å².